The Bertz CT molecular complexity index is 811. The second-order valence-electron chi connectivity index (χ2n) is 7.36. The highest BCUT2D eigenvalue weighted by molar-refractivity contribution is 5.95. The molecular formula is C22H28N2O6. The van der Waals surface area contributed by atoms with Gasteiger partial charge in [0.2, 0.25) is 0 Å². The third kappa shape index (κ3) is 5.11. The molecule has 8 nitrogen and oxygen atoms in total. The maximum absolute atomic E-state index is 12.7. The summed E-state index contributed by atoms with van der Waals surface area (Å²) in [5.74, 6) is -0.337. The van der Waals surface area contributed by atoms with Crippen molar-refractivity contribution >= 4 is 18.0 Å². The van der Waals surface area contributed by atoms with Crippen molar-refractivity contribution < 1.29 is 28.6 Å². The number of urea groups is 1. The van der Waals surface area contributed by atoms with Crippen LogP contribution in [-0.2, 0) is 19.1 Å². The molecule has 1 aromatic carbocycles. The minimum absolute atomic E-state index is 0.125. The van der Waals surface area contributed by atoms with Gasteiger partial charge in [-0.3, -0.25) is 4.79 Å². The topological polar surface area (TPSA) is 103 Å². The molecule has 1 fully saturated rings. The van der Waals surface area contributed by atoms with Gasteiger partial charge < -0.3 is 24.8 Å². The molecule has 1 aliphatic carbocycles. The highest BCUT2D eigenvalue weighted by atomic mass is 16.5. The molecular weight excluding hydrogens is 388 g/mol. The molecule has 0 aromatic heterocycles. The molecule has 1 aromatic rings. The second kappa shape index (κ2) is 10.1. The van der Waals surface area contributed by atoms with Gasteiger partial charge in [-0.25, -0.2) is 9.59 Å². The van der Waals surface area contributed by atoms with Crippen LogP contribution in [0.2, 0.25) is 0 Å². The van der Waals surface area contributed by atoms with E-state index in [4.69, 9.17) is 14.2 Å². The summed E-state index contributed by atoms with van der Waals surface area (Å²) in [7, 11) is 1.56. The fourth-order valence-electron chi connectivity index (χ4n) is 3.83. The molecule has 1 saturated carbocycles. The quantitative estimate of drug-likeness (QED) is 0.663. The Hall–Kier alpha value is -3.03. The van der Waals surface area contributed by atoms with E-state index in [2.05, 4.69) is 10.6 Å². The Morgan fingerprint density at radius 2 is 1.77 bits per heavy atom. The first-order valence-electron chi connectivity index (χ1n) is 10.3. The number of rotatable bonds is 7. The van der Waals surface area contributed by atoms with E-state index < -0.39 is 18.0 Å². The fourth-order valence-corrected chi connectivity index (χ4v) is 3.83. The molecule has 162 valence electrons. The third-order valence-corrected chi connectivity index (χ3v) is 5.40. The average Bonchev–Trinajstić information content (AvgIpc) is 2.77. The molecule has 0 bridgehead atoms. The number of amides is 2. The maximum atomic E-state index is 12.7. The van der Waals surface area contributed by atoms with Crippen molar-refractivity contribution in [3.63, 3.8) is 0 Å². The monoisotopic (exact) mass is 416 g/mol. The summed E-state index contributed by atoms with van der Waals surface area (Å²) in [6.45, 7) is 1.70. The molecule has 2 aliphatic rings. The van der Waals surface area contributed by atoms with Gasteiger partial charge >= 0.3 is 18.0 Å². The van der Waals surface area contributed by atoms with E-state index in [-0.39, 0.29) is 36.4 Å². The Morgan fingerprint density at radius 3 is 2.40 bits per heavy atom. The van der Waals surface area contributed by atoms with Crippen LogP contribution >= 0.6 is 0 Å². The van der Waals surface area contributed by atoms with Crippen LogP contribution in [0.3, 0.4) is 0 Å². The lowest BCUT2D eigenvalue weighted by Crippen LogP contribution is -2.47. The van der Waals surface area contributed by atoms with Crippen LogP contribution in [0, 0.1) is 5.92 Å². The van der Waals surface area contributed by atoms with Crippen molar-refractivity contribution in [2.24, 2.45) is 5.92 Å². The average molecular weight is 416 g/mol. The third-order valence-electron chi connectivity index (χ3n) is 5.40. The van der Waals surface area contributed by atoms with E-state index in [1.807, 2.05) is 0 Å². The summed E-state index contributed by atoms with van der Waals surface area (Å²) < 4.78 is 15.9. The number of nitrogens with one attached hydrogen (secondary N) is 2. The zero-order chi connectivity index (χ0) is 21.5. The predicted molar refractivity (Wildman–Crippen MR) is 109 cm³/mol. The molecule has 2 amide bonds. The molecule has 1 unspecified atom stereocenters. The molecule has 8 heteroatoms. The van der Waals surface area contributed by atoms with Gasteiger partial charge in [0, 0.05) is 0 Å². The van der Waals surface area contributed by atoms with Crippen molar-refractivity contribution in [3.8, 4) is 5.75 Å². The molecule has 1 heterocycles. The van der Waals surface area contributed by atoms with Gasteiger partial charge in [0.05, 0.1) is 36.9 Å². The molecule has 0 saturated heterocycles. The zero-order valence-electron chi connectivity index (χ0n) is 17.4. The van der Waals surface area contributed by atoms with Gasteiger partial charge in [-0.15, -0.1) is 0 Å². The number of methoxy groups -OCH3 is 1. The molecule has 30 heavy (non-hydrogen) atoms. The first-order chi connectivity index (χ1) is 14.5. The highest BCUT2D eigenvalue weighted by Gasteiger charge is 2.34. The van der Waals surface area contributed by atoms with Gasteiger partial charge in [-0.05, 0) is 37.5 Å². The SMILES string of the molecule is CCOC(=O)C1=C(COC(=O)C2CCCCC2)NC(=O)NC1c1ccc(OC)cc1. The summed E-state index contributed by atoms with van der Waals surface area (Å²) >= 11 is 0. The number of hydrogen-bond acceptors (Lipinski definition) is 6. The van der Waals surface area contributed by atoms with Crippen molar-refractivity contribution in [2.75, 3.05) is 20.3 Å². The molecule has 0 radical (unpaired) electrons. The number of benzene rings is 1. The summed E-state index contributed by atoms with van der Waals surface area (Å²) in [5.41, 5.74) is 1.14. The van der Waals surface area contributed by atoms with Crippen molar-refractivity contribution in [1.82, 2.24) is 10.6 Å². The second-order valence-corrected chi connectivity index (χ2v) is 7.36. The number of esters is 2. The maximum Gasteiger partial charge on any atom is 0.338 e. The van der Waals surface area contributed by atoms with Crippen LogP contribution in [0.1, 0.15) is 50.6 Å². The van der Waals surface area contributed by atoms with E-state index in [9.17, 15) is 14.4 Å². The Balaban J connectivity index is 1.86. The molecule has 0 spiro atoms. The van der Waals surface area contributed by atoms with Gasteiger partial charge in [0.1, 0.15) is 12.4 Å². The highest BCUT2D eigenvalue weighted by Crippen LogP contribution is 2.30. The minimum Gasteiger partial charge on any atom is -0.497 e. The normalized spacial score (nSPS) is 19.5. The smallest absolute Gasteiger partial charge is 0.338 e. The Morgan fingerprint density at radius 1 is 1.07 bits per heavy atom. The van der Waals surface area contributed by atoms with Gasteiger partial charge in [-0.2, -0.15) is 0 Å². The van der Waals surface area contributed by atoms with Crippen LogP contribution in [0.4, 0.5) is 4.79 Å². The number of ether oxygens (including phenoxy) is 3. The Kier molecular flexibility index (Phi) is 7.32. The van der Waals surface area contributed by atoms with E-state index in [0.29, 0.717) is 11.3 Å². The van der Waals surface area contributed by atoms with Crippen molar-refractivity contribution in [3.05, 3.63) is 41.1 Å². The number of hydrogen-bond donors (Lipinski definition) is 2. The lowest BCUT2D eigenvalue weighted by molar-refractivity contribution is -0.149. The summed E-state index contributed by atoms with van der Waals surface area (Å²) in [4.78, 5) is 37.5. The standard InChI is InChI=1S/C22H28N2O6/c1-3-29-21(26)18-17(13-30-20(25)15-7-5-4-6-8-15)23-22(27)24-19(18)14-9-11-16(28-2)12-10-14/h9-12,15,19H,3-8,13H2,1-2H3,(H2,23,24,27). The van der Waals surface area contributed by atoms with E-state index in [1.165, 1.54) is 0 Å². The van der Waals surface area contributed by atoms with E-state index in [1.54, 1.807) is 38.3 Å². The lowest BCUT2D eigenvalue weighted by Gasteiger charge is -2.29. The molecule has 2 N–H and O–H groups in total. The summed E-state index contributed by atoms with van der Waals surface area (Å²) in [5, 5.41) is 5.36. The molecule has 1 atom stereocenters. The first kappa shape index (κ1) is 21.7. The van der Waals surface area contributed by atoms with Crippen molar-refractivity contribution in [1.29, 1.82) is 0 Å². The zero-order valence-corrected chi connectivity index (χ0v) is 17.4. The van der Waals surface area contributed by atoms with Gasteiger partial charge in [0.15, 0.2) is 0 Å². The van der Waals surface area contributed by atoms with E-state index in [0.717, 1.165) is 32.1 Å². The van der Waals surface area contributed by atoms with Crippen LogP contribution in [0.5, 0.6) is 5.75 Å². The van der Waals surface area contributed by atoms with Gasteiger partial charge in [-0.1, -0.05) is 31.4 Å². The summed E-state index contributed by atoms with van der Waals surface area (Å²) in [6, 6.07) is 5.81. The van der Waals surface area contributed by atoms with Crippen LogP contribution in [0.25, 0.3) is 0 Å². The van der Waals surface area contributed by atoms with Crippen molar-refractivity contribution in [2.45, 2.75) is 45.1 Å². The van der Waals surface area contributed by atoms with Crippen LogP contribution < -0.4 is 15.4 Å². The molecule has 3 rings (SSSR count). The first-order valence-corrected chi connectivity index (χ1v) is 10.3. The number of carbonyl (C=O) groups is 3. The van der Waals surface area contributed by atoms with Crippen LogP contribution in [0.15, 0.2) is 35.5 Å². The fraction of sp³-hybridized carbons (Fsp3) is 0.500. The van der Waals surface area contributed by atoms with E-state index >= 15 is 0 Å². The minimum atomic E-state index is -0.730. The number of carbonyl (C=O) groups excluding carboxylic acids is 3. The largest absolute Gasteiger partial charge is 0.497 e. The molecule has 1 aliphatic heterocycles. The van der Waals surface area contributed by atoms with Crippen LogP contribution in [-0.4, -0.2) is 38.3 Å². The summed E-state index contributed by atoms with van der Waals surface area (Å²) in [6.07, 6.45) is 4.77. The van der Waals surface area contributed by atoms with Gasteiger partial charge in [0.25, 0.3) is 0 Å². The lowest BCUT2D eigenvalue weighted by atomic mass is 9.89. The predicted octanol–water partition coefficient (Wildman–Crippen LogP) is 2.99. The Labute approximate surface area is 175 Å².